The van der Waals surface area contributed by atoms with Gasteiger partial charge in [-0.05, 0) is 49.0 Å². The van der Waals surface area contributed by atoms with Crippen LogP contribution in [0.1, 0.15) is 42.3 Å². The molecular formula is C17H19N3O6S. The number of ether oxygens (including phenoxy) is 1. The van der Waals surface area contributed by atoms with E-state index in [2.05, 4.69) is 14.8 Å². The lowest BCUT2D eigenvalue weighted by atomic mass is 10.0. The van der Waals surface area contributed by atoms with Crippen LogP contribution in [0.25, 0.3) is 0 Å². The Morgan fingerprint density at radius 1 is 1.11 bits per heavy atom. The fourth-order valence-corrected chi connectivity index (χ4v) is 4.23. The molecule has 0 aliphatic rings. The van der Waals surface area contributed by atoms with Gasteiger partial charge in [0.2, 0.25) is 0 Å². The number of nitrogens with zero attached hydrogens (tertiary/aromatic N) is 3. The summed E-state index contributed by atoms with van der Waals surface area (Å²) in [6.45, 7) is 8.69. The molecule has 2 aromatic heterocycles. The first-order chi connectivity index (χ1) is 12.6. The summed E-state index contributed by atoms with van der Waals surface area (Å²) in [6, 6.07) is 5.04. The van der Waals surface area contributed by atoms with Gasteiger partial charge < -0.3 is 9.26 Å². The Labute approximate surface area is 155 Å². The van der Waals surface area contributed by atoms with Crippen molar-refractivity contribution >= 4 is 10.0 Å². The molecule has 0 bridgehead atoms. The van der Waals surface area contributed by atoms with Crippen molar-refractivity contribution in [2.45, 2.75) is 45.4 Å². The summed E-state index contributed by atoms with van der Waals surface area (Å²) in [6.07, 6.45) is 0. The number of aryl methyl sites for hydroxylation is 3. The Balaban J connectivity index is 2.15. The van der Waals surface area contributed by atoms with Crippen molar-refractivity contribution < 1.29 is 22.2 Å². The summed E-state index contributed by atoms with van der Waals surface area (Å²) in [5, 5.41) is 7.12. The molecule has 0 saturated heterocycles. The summed E-state index contributed by atoms with van der Waals surface area (Å²) in [5.41, 5.74) is 1.85. The first-order valence-electron chi connectivity index (χ1n) is 8.18. The van der Waals surface area contributed by atoms with Gasteiger partial charge in [0.15, 0.2) is 10.7 Å². The van der Waals surface area contributed by atoms with Crippen LogP contribution in [0.4, 0.5) is 0 Å². The molecule has 0 radical (unpaired) electrons. The Kier molecular flexibility index (Phi) is 4.68. The van der Waals surface area contributed by atoms with Crippen LogP contribution < -0.4 is 10.5 Å². The van der Waals surface area contributed by atoms with E-state index in [0.717, 1.165) is 11.1 Å². The molecule has 144 valence electrons. The topological polar surface area (TPSA) is 117 Å². The number of hydrogen-bond donors (Lipinski definition) is 0. The van der Waals surface area contributed by atoms with Crippen molar-refractivity contribution in [3.05, 3.63) is 51.3 Å². The highest BCUT2D eigenvalue weighted by molar-refractivity contribution is 7.90. The third kappa shape index (κ3) is 3.27. The van der Waals surface area contributed by atoms with Gasteiger partial charge in [0.1, 0.15) is 11.4 Å². The Hall–Kier alpha value is -2.88. The molecule has 0 aliphatic heterocycles. The number of rotatable bonds is 5. The van der Waals surface area contributed by atoms with Crippen LogP contribution in [0.2, 0.25) is 0 Å². The highest BCUT2D eigenvalue weighted by Gasteiger charge is 2.33. The summed E-state index contributed by atoms with van der Waals surface area (Å²) in [7, 11) is -4.37. The molecule has 3 rings (SSSR count). The molecule has 0 atom stereocenters. The molecule has 10 heteroatoms. The standard InChI is InChI=1S/C17H19N3O6S/c1-9(2)13-7-6-10(3)8-14(13)24-16-19-26-17(21)20(16)27(22,23)15-11(4)18-25-12(15)5/h6-9H,1-5H3. The molecule has 0 fully saturated rings. The SMILES string of the molecule is Cc1ccc(C(C)C)c(Oc2noc(=O)n2S(=O)(=O)c2c(C)noc2C)c1. The molecule has 2 heterocycles. The molecule has 0 aliphatic carbocycles. The Bertz CT molecular complexity index is 1130. The minimum absolute atomic E-state index is 0.0463. The zero-order chi connectivity index (χ0) is 19.9. The second-order valence-electron chi connectivity index (χ2n) is 6.45. The molecule has 0 amide bonds. The molecule has 0 saturated carbocycles. The maximum absolute atomic E-state index is 13.0. The summed E-state index contributed by atoms with van der Waals surface area (Å²) in [5.74, 6) is -0.651. The van der Waals surface area contributed by atoms with Crippen molar-refractivity contribution in [2.24, 2.45) is 0 Å². The minimum atomic E-state index is -4.37. The van der Waals surface area contributed by atoms with E-state index in [0.29, 0.717) is 9.72 Å². The summed E-state index contributed by atoms with van der Waals surface area (Å²) >= 11 is 0. The molecule has 1 aromatic carbocycles. The van der Waals surface area contributed by atoms with Crippen LogP contribution >= 0.6 is 0 Å². The van der Waals surface area contributed by atoms with Crippen molar-refractivity contribution in [2.75, 3.05) is 0 Å². The fourth-order valence-electron chi connectivity index (χ4n) is 2.73. The predicted molar refractivity (Wildman–Crippen MR) is 94.7 cm³/mol. The van der Waals surface area contributed by atoms with Crippen molar-refractivity contribution in [3.63, 3.8) is 0 Å². The molecule has 3 aromatic rings. The molecular weight excluding hydrogens is 374 g/mol. The molecule has 0 spiro atoms. The third-order valence-electron chi connectivity index (χ3n) is 4.00. The third-order valence-corrected chi connectivity index (χ3v) is 5.88. The average Bonchev–Trinajstić information content (AvgIpc) is 3.10. The molecule has 9 nitrogen and oxygen atoms in total. The van der Waals surface area contributed by atoms with Gasteiger partial charge in [0, 0.05) is 0 Å². The zero-order valence-electron chi connectivity index (χ0n) is 15.5. The van der Waals surface area contributed by atoms with Gasteiger partial charge in [-0.25, -0.2) is 13.2 Å². The van der Waals surface area contributed by atoms with Crippen LogP contribution in [0.3, 0.4) is 0 Å². The maximum atomic E-state index is 13.0. The lowest BCUT2D eigenvalue weighted by molar-refractivity contribution is 0.349. The van der Waals surface area contributed by atoms with Gasteiger partial charge in [-0.2, -0.15) is 0 Å². The van der Waals surface area contributed by atoms with Crippen LogP contribution in [0.5, 0.6) is 11.8 Å². The van der Waals surface area contributed by atoms with Gasteiger partial charge in [0.25, 0.3) is 10.0 Å². The fraction of sp³-hybridized carbons (Fsp3) is 0.353. The monoisotopic (exact) mass is 393 g/mol. The van der Waals surface area contributed by atoms with E-state index in [-0.39, 0.29) is 22.3 Å². The average molecular weight is 393 g/mol. The van der Waals surface area contributed by atoms with Gasteiger partial charge in [-0.1, -0.05) is 31.1 Å². The molecule has 0 unspecified atom stereocenters. The zero-order valence-corrected chi connectivity index (χ0v) is 16.3. The van der Waals surface area contributed by atoms with E-state index < -0.39 is 21.8 Å². The highest BCUT2D eigenvalue weighted by Crippen LogP contribution is 2.32. The quantitative estimate of drug-likeness (QED) is 0.649. The van der Waals surface area contributed by atoms with Crippen molar-refractivity contribution in [1.82, 2.24) is 14.3 Å². The number of aromatic nitrogens is 3. The van der Waals surface area contributed by atoms with Crippen LogP contribution in [-0.4, -0.2) is 22.7 Å². The van der Waals surface area contributed by atoms with Crippen molar-refractivity contribution in [1.29, 1.82) is 0 Å². The molecule has 27 heavy (non-hydrogen) atoms. The smallest absolute Gasteiger partial charge is 0.422 e. The Morgan fingerprint density at radius 3 is 2.41 bits per heavy atom. The van der Waals surface area contributed by atoms with Crippen LogP contribution in [0, 0.1) is 20.8 Å². The first kappa shape index (κ1) is 18.9. The van der Waals surface area contributed by atoms with E-state index in [1.54, 1.807) is 6.07 Å². The lowest BCUT2D eigenvalue weighted by Gasteiger charge is -2.13. The summed E-state index contributed by atoms with van der Waals surface area (Å²) < 4.78 is 41.5. The minimum Gasteiger partial charge on any atom is -0.422 e. The van der Waals surface area contributed by atoms with E-state index in [1.165, 1.54) is 13.8 Å². The van der Waals surface area contributed by atoms with Crippen molar-refractivity contribution in [3.8, 4) is 11.8 Å². The van der Waals surface area contributed by atoms with E-state index >= 15 is 0 Å². The second kappa shape index (κ2) is 6.69. The van der Waals surface area contributed by atoms with E-state index in [4.69, 9.17) is 9.26 Å². The normalized spacial score (nSPS) is 11.9. The highest BCUT2D eigenvalue weighted by atomic mass is 32.2. The second-order valence-corrected chi connectivity index (χ2v) is 8.18. The largest absolute Gasteiger partial charge is 0.458 e. The van der Waals surface area contributed by atoms with E-state index in [1.807, 2.05) is 32.9 Å². The van der Waals surface area contributed by atoms with Gasteiger partial charge in [-0.15, -0.1) is 3.97 Å². The van der Waals surface area contributed by atoms with Gasteiger partial charge in [-0.3, -0.25) is 4.52 Å². The number of benzene rings is 1. The van der Waals surface area contributed by atoms with E-state index in [9.17, 15) is 13.2 Å². The molecule has 0 N–H and O–H groups in total. The predicted octanol–water partition coefficient (Wildman–Crippen LogP) is 2.90. The first-order valence-corrected chi connectivity index (χ1v) is 9.62. The van der Waals surface area contributed by atoms with Crippen LogP contribution in [-0.2, 0) is 10.0 Å². The maximum Gasteiger partial charge on any atom is 0.458 e. The van der Waals surface area contributed by atoms with Gasteiger partial charge >= 0.3 is 11.8 Å². The van der Waals surface area contributed by atoms with Crippen LogP contribution in [0.15, 0.2) is 36.9 Å². The lowest BCUT2D eigenvalue weighted by Crippen LogP contribution is -2.25. The number of hydrogen-bond acceptors (Lipinski definition) is 8. The summed E-state index contributed by atoms with van der Waals surface area (Å²) in [4.78, 5) is 11.9. The Morgan fingerprint density at radius 2 is 1.81 bits per heavy atom. The van der Waals surface area contributed by atoms with Gasteiger partial charge in [0.05, 0.1) is 0 Å².